The van der Waals surface area contributed by atoms with E-state index in [1.54, 1.807) is 24.3 Å². The molecule has 1 saturated carbocycles. The molecule has 0 heterocycles. The molecule has 2 aromatic carbocycles. The van der Waals surface area contributed by atoms with Crippen LogP contribution in [0, 0.1) is 6.92 Å². The van der Waals surface area contributed by atoms with E-state index in [0.29, 0.717) is 25.9 Å². The maximum absolute atomic E-state index is 12.7. The minimum absolute atomic E-state index is 0.0733. The van der Waals surface area contributed by atoms with Crippen molar-refractivity contribution in [2.45, 2.75) is 55.9 Å². The molecule has 8 heteroatoms. The Morgan fingerprint density at radius 1 is 1.14 bits per heavy atom. The van der Waals surface area contributed by atoms with Crippen molar-refractivity contribution in [1.29, 1.82) is 0 Å². The van der Waals surface area contributed by atoms with E-state index in [-0.39, 0.29) is 11.0 Å². The summed E-state index contributed by atoms with van der Waals surface area (Å²) in [7, 11) is -3.67. The standard InChI is InChI=1S/C20H24N4O3S/c1-15-7-10-18(11-8-15)28(25,26)23-19-12-9-17(13-20(19)22-24-21)27-14-16-5-3-2-4-6-16/h2-8,10-11,17,19-20,23H,9,12-14H2,1H3/t17-,19+,20+/m0/s1. The molecule has 1 fully saturated rings. The normalized spacial score (nSPS) is 22.4. The molecule has 0 bridgehead atoms. The van der Waals surface area contributed by atoms with E-state index in [1.165, 1.54) is 0 Å². The third-order valence-corrected chi connectivity index (χ3v) is 6.44. The summed E-state index contributed by atoms with van der Waals surface area (Å²) in [4.78, 5) is 3.12. The van der Waals surface area contributed by atoms with Crippen molar-refractivity contribution in [3.8, 4) is 0 Å². The van der Waals surface area contributed by atoms with E-state index in [9.17, 15) is 8.42 Å². The highest BCUT2D eigenvalue weighted by molar-refractivity contribution is 7.89. The second-order valence-electron chi connectivity index (χ2n) is 7.04. The van der Waals surface area contributed by atoms with Crippen molar-refractivity contribution in [3.63, 3.8) is 0 Å². The fourth-order valence-corrected chi connectivity index (χ4v) is 4.67. The van der Waals surface area contributed by atoms with Gasteiger partial charge < -0.3 is 4.74 Å². The molecule has 28 heavy (non-hydrogen) atoms. The Labute approximate surface area is 165 Å². The van der Waals surface area contributed by atoms with Crippen molar-refractivity contribution in [3.05, 3.63) is 76.2 Å². The molecular weight excluding hydrogens is 376 g/mol. The number of nitrogens with one attached hydrogen (secondary N) is 1. The van der Waals surface area contributed by atoms with Crippen LogP contribution in [0.15, 0.2) is 64.6 Å². The number of sulfonamides is 1. The highest BCUT2D eigenvalue weighted by Crippen LogP contribution is 2.26. The maximum atomic E-state index is 12.7. The lowest BCUT2D eigenvalue weighted by atomic mass is 9.89. The number of nitrogens with zero attached hydrogens (tertiary/aromatic N) is 3. The van der Waals surface area contributed by atoms with Gasteiger partial charge in [0.05, 0.1) is 23.6 Å². The van der Waals surface area contributed by atoms with Gasteiger partial charge in [-0.05, 0) is 49.4 Å². The lowest BCUT2D eigenvalue weighted by molar-refractivity contribution is 0.00752. The van der Waals surface area contributed by atoms with Gasteiger partial charge >= 0.3 is 0 Å². The Balaban J connectivity index is 1.64. The number of benzene rings is 2. The molecule has 0 radical (unpaired) electrons. The van der Waals surface area contributed by atoms with Crippen LogP contribution < -0.4 is 4.72 Å². The first-order valence-corrected chi connectivity index (χ1v) is 10.7. The minimum atomic E-state index is -3.67. The number of aryl methyl sites for hydroxylation is 1. The van der Waals surface area contributed by atoms with E-state index in [0.717, 1.165) is 11.1 Å². The molecule has 7 nitrogen and oxygen atoms in total. The number of hydrogen-bond acceptors (Lipinski definition) is 4. The topological polar surface area (TPSA) is 104 Å². The lowest BCUT2D eigenvalue weighted by Gasteiger charge is -2.33. The van der Waals surface area contributed by atoms with Gasteiger partial charge in [-0.2, -0.15) is 0 Å². The summed E-state index contributed by atoms with van der Waals surface area (Å²) < 4.78 is 34.0. The molecule has 1 N–H and O–H groups in total. The summed E-state index contributed by atoms with van der Waals surface area (Å²) in [6.45, 7) is 2.38. The number of azide groups is 1. The van der Waals surface area contributed by atoms with Gasteiger partial charge in [0.2, 0.25) is 10.0 Å². The molecule has 3 atom stereocenters. The quantitative estimate of drug-likeness (QED) is 0.430. The number of rotatable bonds is 7. The summed E-state index contributed by atoms with van der Waals surface area (Å²) in [5.41, 5.74) is 11.0. The van der Waals surface area contributed by atoms with Crippen LogP contribution in [-0.4, -0.2) is 26.6 Å². The van der Waals surface area contributed by atoms with Gasteiger partial charge in [-0.3, -0.25) is 0 Å². The Morgan fingerprint density at radius 3 is 2.54 bits per heavy atom. The first-order valence-electron chi connectivity index (χ1n) is 9.26. The van der Waals surface area contributed by atoms with Gasteiger partial charge in [0.15, 0.2) is 0 Å². The Bertz CT molecular complexity index is 926. The predicted octanol–water partition coefficient (Wildman–Crippen LogP) is 4.09. The molecule has 2 aromatic rings. The van der Waals surface area contributed by atoms with Gasteiger partial charge in [-0.1, -0.05) is 53.1 Å². The van der Waals surface area contributed by atoms with Crippen molar-refractivity contribution < 1.29 is 13.2 Å². The lowest BCUT2D eigenvalue weighted by Crippen LogP contribution is -2.47. The Kier molecular flexibility index (Phi) is 6.70. The molecular formula is C20H24N4O3S. The van der Waals surface area contributed by atoms with Crippen molar-refractivity contribution in [2.24, 2.45) is 5.11 Å². The third-order valence-electron chi connectivity index (χ3n) is 4.93. The van der Waals surface area contributed by atoms with Crippen LogP contribution in [0.2, 0.25) is 0 Å². The van der Waals surface area contributed by atoms with Gasteiger partial charge in [-0.15, -0.1) is 0 Å². The van der Waals surface area contributed by atoms with E-state index in [2.05, 4.69) is 14.7 Å². The van der Waals surface area contributed by atoms with Crippen molar-refractivity contribution in [2.75, 3.05) is 0 Å². The smallest absolute Gasteiger partial charge is 0.240 e. The molecule has 0 spiro atoms. The zero-order valence-electron chi connectivity index (χ0n) is 15.7. The van der Waals surface area contributed by atoms with Crippen molar-refractivity contribution in [1.82, 2.24) is 4.72 Å². The molecule has 1 aliphatic carbocycles. The van der Waals surface area contributed by atoms with Gasteiger partial charge in [0.1, 0.15) is 0 Å². The zero-order valence-corrected chi connectivity index (χ0v) is 16.5. The first-order chi connectivity index (χ1) is 13.5. The minimum Gasteiger partial charge on any atom is -0.374 e. The second-order valence-corrected chi connectivity index (χ2v) is 8.76. The highest BCUT2D eigenvalue weighted by atomic mass is 32.2. The van der Waals surface area contributed by atoms with Crippen LogP contribution >= 0.6 is 0 Å². The molecule has 0 amide bonds. The monoisotopic (exact) mass is 400 g/mol. The fourth-order valence-electron chi connectivity index (χ4n) is 3.37. The number of ether oxygens (including phenoxy) is 1. The predicted molar refractivity (Wildman–Crippen MR) is 107 cm³/mol. The van der Waals surface area contributed by atoms with E-state index in [4.69, 9.17) is 10.3 Å². The summed E-state index contributed by atoms with van der Waals surface area (Å²) in [5.74, 6) is 0. The van der Waals surface area contributed by atoms with Gasteiger partial charge in [0, 0.05) is 11.0 Å². The van der Waals surface area contributed by atoms with Crippen molar-refractivity contribution >= 4 is 10.0 Å². The van der Waals surface area contributed by atoms with Gasteiger partial charge in [0.25, 0.3) is 0 Å². The summed E-state index contributed by atoms with van der Waals surface area (Å²) in [6.07, 6.45) is 1.66. The van der Waals surface area contributed by atoms with E-state index in [1.807, 2.05) is 37.3 Å². The van der Waals surface area contributed by atoms with Crippen LogP contribution in [-0.2, 0) is 21.4 Å². The summed E-state index contributed by atoms with van der Waals surface area (Å²) in [5, 5.41) is 3.84. The SMILES string of the molecule is Cc1ccc(S(=O)(=O)N[C@@H]2CC[C@H](OCc3ccccc3)C[C@H]2N=[N+]=[N-])cc1. The average Bonchev–Trinajstić information content (AvgIpc) is 2.69. The summed E-state index contributed by atoms with van der Waals surface area (Å²) in [6, 6.07) is 15.6. The van der Waals surface area contributed by atoms with Crippen LogP contribution in [0.5, 0.6) is 0 Å². The summed E-state index contributed by atoms with van der Waals surface area (Å²) >= 11 is 0. The largest absolute Gasteiger partial charge is 0.374 e. The third kappa shape index (κ3) is 5.33. The molecule has 0 saturated heterocycles. The zero-order chi connectivity index (χ0) is 20.0. The Hall–Kier alpha value is -2.38. The van der Waals surface area contributed by atoms with Crippen LogP contribution in [0.25, 0.3) is 10.4 Å². The molecule has 0 aliphatic heterocycles. The highest BCUT2D eigenvalue weighted by Gasteiger charge is 2.33. The van der Waals surface area contributed by atoms with E-state index < -0.39 is 22.1 Å². The maximum Gasteiger partial charge on any atom is 0.240 e. The molecule has 0 unspecified atom stereocenters. The van der Waals surface area contributed by atoms with E-state index >= 15 is 0 Å². The first kappa shape index (κ1) is 20.4. The fraction of sp³-hybridized carbons (Fsp3) is 0.400. The van der Waals surface area contributed by atoms with Crippen LogP contribution in [0.4, 0.5) is 0 Å². The van der Waals surface area contributed by atoms with Gasteiger partial charge in [-0.25, -0.2) is 13.1 Å². The van der Waals surface area contributed by atoms with Crippen LogP contribution in [0.3, 0.4) is 0 Å². The molecule has 3 rings (SSSR count). The molecule has 148 valence electrons. The number of hydrogen-bond donors (Lipinski definition) is 1. The molecule has 0 aromatic heterocycles. The second kappa shape index (κ2) is 9.21. The molecule has 1 aliphatic rings. The Morgan fingerprint density at radius 2 is 1.86 bits per heavy atom. The average molecular weight is 401 g/mol. The van der Waals surface area contributed by atoms with Crippen LogP contribution in [0.1, 0.15) is 30.4 Å².